The second-order valence-corrected chi connectivity index (χ2v) is 7.64. The Labute approximate surface area is 137 Å². The molecular formula is C16H23ClN2OS. The van der Waals surface area contributed by atoms with Crippen molar-refractivity contribution in [3.05, 3.63) is 29.3 Å². The molecule has 1 aromatic rings. The van der Waals surface area contributed by atoms with E-state index in [1.807, 2.05) is 4.90 Å². The van der Waals surface area contributed by atoms with Gasteiger partial charge in [-0.25, -0.2) is 0 Å². The second-order valence-electron chi connectivity index (χ2n) is 6.61. The molecule has 1 fully saturated rings. The third-order valence-corrected chi connectivity index (χ3v) is 5.06. The van der Waals surface area contributed by atoms with Crippen molar-refractivity contribution < 1.29 is 4.79 Å². The van der Waals surface area contributed by atoms with E-state index in [9.17, 15) is 4.79 Å². The number of hydrogen-bond acceptors (Lipinski definition) is 3. The molecule has 116 valence electrons. The van der Waals surface area contributed by atoms with E-state index in [0.717, 1.165) is 30.3 Å². The molecule has 1 N–H and O–H groups in total. The molecule has 2 aliphatic rings. The maximum atomic E-state index is 12.5. The number of benzene rings is 1. The molecule has 0 spiro atoms. The Hall–Kier alpha value is -0.710. The number of carbonyl (C=O) groups excluding carboxylic acids is 1. The van der Waals surface area contributed by atoms with Crippen molar-refractivity contribution in [3.8, 4) is 0 Å². The van der Waals surface area contributed by atoms with Crippen molar-refractivity contribution in [2.24, 2.45) is 0 Å². The van der Waals surface area contributed by atoms with Crippen LogP contribution in [0.4, 0.5) is 5.69 Å². The predicted molar refractivity (Wildman–Crippen MR) is 92.7 cm³/mol. The average Bonchev–Trinajstić information content (AvgIpc) is 3.06. The SMILES string of the molecule is CC(C)(C)c1ccc2c(c1)CCN2C(=O)C1CSCN1.Cl. The molecule has 1 atom stereocenters. The molecule has 3 nitrogen and oxygen atoms in total. The molecule has 3 rings (SSSR count). The molecule has 21 heavy (non-hydrogen) atoms. The Morgan fingerprint density at radius 2 is 2.14 bits per heavy atom. The van der Waals surface area contributed by atoms with Crippen molar-refractivity contribution in [1.29, 1.82) is 0 Å². The van der Waals surface area contributed by atoms with Crippen molar-refractivity contribution in [2.75, 3.05) is 23.1 Å². The van der Waals surface area contributed by atoms with E-state index in [-0.39, 0.29) is 29.8 Å². The number of amides is 1. The Kier molecular flexibility index (Phi) is 4.91. The number of carbonyl (C=O) groups is 1. The standard InChI is InChI=1S/C16H22N2OS.ClH/c1-16(2,3)12-4-5-14-11(8-12)6-7-18(14)15(19)13-9-20-10-17-13;/h4-5,8,13,17H,6-7,9-10H2,1-3H3;1H. The fourth-order valence-corrected chi connectivity index (χ4v) is 3.77. The quantitative estimate of drug-likeness (QED) is 0.861. The topological polar surface area (TPSA) is 32.3 Å². The molecule has 0 aliphatic carbocycles. The van der Waals surface area contributed by atoms with Gasteiger partial charge in [0.25, 0.3) is 0 Å². The highest BCUT2D eigenvalue weighted by molar-refractivity contribution is 7.99. The summed E-state index contributed by atoms with van der Waals surface area (Å²) in [5.74, 6) is 2.02. The molecular weight excluding hydrogens is 304 g/mol. The number of anilines is 1. The number of nitrogens with one attached hydrogen (secondary N) is 1. The monoisotopic (exact) mass is 326 g/mol. The molecule has 0 aromatic heterocycles. The van der Waals surface area contributed by atoms with Gasteiger partial charge in [0.1, 0.15) is 0 Å². The molecule has 1 unspecified atom stereocenters. The number of thioether (sulfide) groups is 1. The van der Waals surface area contributed by atoms with Crippen molar-refractivity contribution in [2.45, 2.75) is 38.6 Å². The molecule has 1 amide bonds. The molecule has 0 saturated carbocycles. The Morgan fingerprint density at radius 3 is 2.76 bits per heavy atom. The van der Waals surface area contributed by atoms with E-state index in [1.165, 1.54) is 11.1 Å². The number of hydrogen-bond donors (Lipinski definition) is 1. The summed E-state index contributed by atoms with van der Waals surface area (Å²) >= 11 is 1.80. The molecule has 5 heteroatoms. The van der Waals surface area contributed by atoms with Gasteiger partial charge in [0.15, 0.2) is 0 Å². The Balaban J connectivity index is 0.00000161. The lowest BCUT2D eigenvalue weighted by Gasteiger charge is -2.23. The first kappa shape index (κ1) is 16.7. The molecule has 2 heterocycles. The molecule has 0 bridgehead atoms. The highest BCUT2D eigenvalue weighted by Gasteiger charge is 2.32. The summed E-state index contributed by atoms with van der Waals surface area (Å²) < 4.78 is 0. The number of rotatable bonds is 1. The number of fused-ring (bicyclic) bond motifs is 1. The molecule has 0 radical (unpaired) electrons. The predicted octanol–water partition coefficient (Wildman–Crippen LogP) is 2.96. The average molecular weight is 327 g/mol. The first-order valence-electron chi connectivity index (χ1n) is 7.23. The number of nitrogens with zero attached hydrogens (tertiary/aromatic N) is 1. The zero-order valence-electron chi connectivity index (χ0n) is 12.8. The van der Waals surface area contributed by atoms with Gasteiger partial charge >= 0.3 is 0 Å². The van der Waals surface area contributed by atoms with Crippen LogP contribution in [0.25, 0.3) is 0 Å². The third-order valence-electron chi connectivity index (χ3n) is 4.12. The molecule has 1 aromatic carbocycles. The van der Waals surface area contributed by atoms with Crippen LogP contribution in [0, 0.1) is 0 Å². The summed E-state index contributed by atoms with van der Waals surface area (Å²) in [5, 5.41) is 3.27. The van der Waals surface area contributed by atoms with E-state index in [2.05, 4.69) is 44.3 Å². The Morgan fingerprint density at radius 1 is 1.38 bits per heavy atom. The smallest absolute Gasteiger partial charge is 0.245 e. The van der Waals surface area contributed by atoms with Crippen LogP contribution in [-0.4, -0.2) is 30.1 Å². The van der Waals surface area contributed by atoms with E-state index < -0.39 is 0 Å². The van der Waals surface area contributed by atoms with E-state index in [0.29, 0.717) is 0 Å². The normalized spacial score (nSPS) is 21.1. The third kappa shape index (κ3) is 3.22. The van der Waals surface area contributed by atoms with Crippen LogP contribution >= 0.6 is 24.2 Å². The highest BCUT2D eigenvalue weighted by atomic mass is 35.5. The molecule has 2 aliphatic heterocycles. The van der Waals surface area contributed by atoms with Crippen molar-refractivity contribution >= 4 is 35.8 Å². The first-order chi connectivity index (χ1) is 9.47. The van der Waals surface area contributed by atoms with Gasteiger partial charge in [0.2, 0.25) is 5.91 Å². The van der Waals surface area contributed by atoms with Crippen LogP contribution in [0.2, 0.25) is 0 Å². The van der Waals surface area contributed by atoms with Gasteiger partial charge in [-0.3, -0.25) is 10.1 Å². The van der Waals surface area contributed by atoms with Crippen LogP contribution < -0.4 is 10.2 Å². The van der Waals surface area contributed by atoms with Gasteiger partial charge < -0.3 is 4.90 Å². The van der Waals surface area contributed by atoms with Crippen LogP contribution in [0.15, 0.2) is 18.2 Å². The fraction of sp³-hybridized carbons (Fsp3) is 0.562. The van der Waals surface area contributed by atoms with Crippen LogP contribution in [-0.2, 0) is 16.6 Å². The second kappa shape index (κ2) is 6.19. The van der Waals surface area contributed by atoms with Gasteiger partial charge in [0, 0.05) is 23.9 Å². The minimum Gasteiger partial charge on any atom is -0.310 e. The number of halogens is 1. The lowest BCUT2D eigenvalue weighted by Crippen LogP contribution is -2.44. The zero-order valence-corrected chi connectivity index (χ0v) is 14.4. The van der Waals surface area contributed by atoms with E-state index in [4.69, 9.17) is 0 Å². The Bertz CT molecular complexity index is 536. The molecule has 1 saturated heterocycles. The van der Waals surface area contributed by atoms with Gasteiger partial charge in [-0.1, -0.05) is 32.9 Å². The van der Waals surface area contributed by atoms with Crippen LogP contribution in [0.1, 0.15) is 31.9 Å². The van der Waals surface area contributed by atoms with Crippen LogP contribution in [0.5, 0.6) is 0 Å². The van der Waals surface area contributed by atoms with Crippen molar-refractivity contribution in [3.63, 3.8) is 0 Å². The minimum atomic E-state index is -0.00626. The van der Waals surface area contributed by atoms with E-state index in [1.54, 1.807) is 11.8 Å². The summed E-state index contributed by atoms with van der Waals surface area (Å²) in [7, 11) is 0. The van der Waals surface area contributed by atoms with Gasteiger partial charge in [-0.05, 0) is 29.0 Å². The summed E-state index contributed by atoms with van der Waals surface area (Å²) in [4.78, 5) is 14.5. The van der Waals surface area contributed by atoms with Gasteiger partial charge in [0.05, 0.1) is 6.04 Å². The van der Waals surface area contributed by atoms with Crippen LogP contribution in [0.3, 0.4) is 0 Å². The maximum absolute atomic E-state index is 12.5. The largest absolute Gasteiger partial charge is 0.310 e. The summed E-state index contributed by atoms with van der Waals surface area (Å²) in [6, 6.07) is 6.57. The fourth-order valence-electron chi connectivity index (χ4n) is 2.84. The highest BCUT2D eigenvalue weighted by Crippen LogP contribution is 2.33. The van der Waals surface area contributed by atoms with Crippen molar-refractivity contribution in [1.82, 2.24) is 5.32 Å². The van der Waals surface area contributed by atoms with E-state index >= 15 is 0 Å². The lowest BCUT2D eigenvalue weighted by atomic mass is 9.86. The minimum absolute atomic E-state index is 0. The van der Waals surface area contributed by atoms with Gasteiger partial charge in [-0.15, -0.1) is 24.2 Å². The summed E-state index contributed by atoms with van der Waals surface area (Å²) in [6.45, 7) is 7.51. The lowest BCUT2D eigenvalue weighted by molar-refractivity contribution is -0.119. The van der Waals surface area contributed by atoms with Gasteiger partial charge in [-0.2, -0.15) is 0 Å². The summed E-state index contributed by atoms with van der Waals surface area (Å²) in [5.41, 5.74) is 3.94. The first-order valence-corrected chi connectivity index (χ1v) is 8.38. The summed E-state index contributed by atoms with van der Waals surface area (Å²) in [6.07, 6.45) is 0.977. The zero-order chi connectivity index (χ0) is 14.3. The maximum Gasteiger partial charge on any atom is 0.245 e.